The molecule has 0 bridgehead atoms. The van der Waals surface area contributed by atoms with E-state index in [0.29, 0.717) is 12.5 Å². The van der Waals surface area contributed by atoms with Crippen molar-refractivity contribution in [3.05, 3.63) is 42.5 Å². The standard InChI is InChI=1S/C22H28N2O2/c1-5-23(13-12-16(2)3)22(25)15-24-20-9-7-6-8-18(20)19-11-10-17(26-4)14-21(19)24/h6-11,14,16H,5,12-13,15H2,1-4H3. The van der Waals surface area contributed by atoms with Crippen LogP contribution in [0.1, 0.15) is 27.2 Å². The molecule has 0 saturated heterocycles. The Morgan fingerprint density at radius 2 is 1.85 bits per heavy atom. The molecule has 2 aromatic carbocycles. The van der Waals surface area contributed by atoms with Crippen molar-refractivity contribution in [2.24, 2.45) is 5.92 Å². The second-order valence-corrected chi connectivity index (χ2v) is 7.14. The van der Waals surface area contributed by atoms with Crippen molar-refractivity contribution >= 4 is 27.7 Å². The number of para-hydroxylation sites is 1. The Morgan fingerprint density at radius 3 is 2.54 bits per heavy atom. The number of amides is 1. The monoisotopic (exact) mass is 352 g/mol. The van der Waals surface area contributed by atoms with Gasteiger partial charge in [0.2, 0.25) is 5.91 Å². The molecule has 3 rings (SSSR count). The first-order chi connectivity index (χ1) is 12.5. The Morgan fingerprint density at radius 1 is 1.12 bits per heavy atom. The molecule has 1 amide bonds. The Bertz CT molecular complexity index is 911. The summed E-state index contributed by atoms with van der Waals surface area (Å²) < 4.78 is 7.52. The highest BCUT2D eigenvalue weighted by atomic mass is 16.5. The summed E-state index contributed by atoms with van der Waals surface area (Å²) in [6.45, 7) is 8.34. The smallest absolute Gasteiger partial charge is 0.242 e. The number of carbonyl (C=O) groups excluding carboxylic acids is 1. The summed E-state index contributed by atoms with van der Waals surface area (Å²) in [4.78, 5) is 14.9. The summed E-state index contributed by atoms with van der Waals surface area (Å²) in [6, 6.07) is 14.3. The van der Waals surface area contributed by atoms with E-state index in [4.69, 9.17) is 4.74 Å². The first-order valence-corrected chi connectivity index (χ1v) is 9.37. The average Bonchev–Trinajstić information content (AvgIpc) is 2.95. The summed E-state index contributed by atoms with van der Waals surface area (Å²) in [7, 11) is 1.67. The lowest BCUT2D eigenvalue weighted by Gasteiger charge is -2.22. The highest BCUT2D eigenvalue weighted by Gasteiger charge is 2.17. The van der Waals surface area contributed by atoms with Crippen LogP contribution in [0.25, 0.3) is 21.8 Å². The second kappa shape index (κ2) is 7.81. The number of benzene rings is 2. The van der Waals surface area contributed by atoms with Gasteiger partial charge in [0, 0.05) is 35.4 Å². The molecule has 0 aliphatic carbocycles. The largest absolute Gasteiger partial charge is 0.497 e. The summed E-state index contributed by atoms with van der Waals surface area (Å²) in [5, 5.41) is 2.32. The van der Waals surface area contributed by atoms with Gasteiger partial charge in [-0.25, -0.2) is 0 Å². The van der Waals surface area contributed by atoms with Crippen LogP contribution in [0, 0.1) is 5.92 Å². The molecule has 26 heavy (non-hydrogen) atoms. The van der Waals surface area contributed by atoms with Gasteiger partial charge in [-0.1, -0.05) is 32.0 Å². The Balaban J connectivity index is 2.00. The van der Waals surface area contributed by atoms with Gasteiger partial charge in [0.05, 0.1) is 12.6 Å². The maximum absolute atomic E-state index is 13.0. The molecule has 1 aromatic heterocycles. The van der Waals surface area contributed by atoms with Crippen LogP contribution in [0.2, 0.25) is 0 Å². The van der Waals surface area contributed by atoms with E-state index in [1.807, 2.05) is 36.1 Å². The summed E-state index contributed by atoms with van der Waals surface area (Å²) in [5.74, 6) is 1.56. The molecule has 0 saturated carbocycles. The van der Waals surface area contributed by atoms with Crippen LogP contribution in [0.3, 0.4) is 0 Å². The number of rotatable bonds is 7. The van der Waals surface area contributed by atoms with Crippen LogP contribution in [-0.2, 0) is 11.3 Å². The van der Waals surface area contributed by atoms with Gasteiger partial charge in [-0.2, -0.15) is 0 Å². The third-order valence-electron chi connectivity index (χ3n) is 4.98. The van der Waals surface area contributed by atoms with Gasteiger partial charge in [-0.15, -0.1) is 0 Å². The first kappa shape index (κ1) is 18.3. The molecular formula is C22H28N2O2. The number of carbonyl (C=O) groups is 1. The summed E-state index contributed by atoms with van der Waals surface area (Å²) in [5.41, 5.74) is 2.13. The highest BCUT2D eigenvalue weighted by molar-refractivity contribution is 6.09. The molecule has 0 radical (unpaired) electrons. The average molecular weight is 352 g/mol. The minimum absolute atomic E-state index is 0.165. The van der Waals surface area contributed by atoms with E-state index in [0.717, 1.165) is 41.7 Å². The van der Waals surface area contributed by atoms with Crippen LogP contribution >= 0.6 is 0 Å². The molecule has 0 aliphatic rings. The fraction of sp³-hybridized carbons (Fsp3) is 0.409. The van der Waals surface area contributed by atoms with Crippen molar-refractivity contribution in [2.45, 2.75) is 33.7 Å². The van der Waals surface area contributed by atoms with E-state index in [2.05, 4.69) is 36.6 Å². The fourth-order valence-corrected chi connectivity index (χ4v) is 3.43. The van der Waals surface area contributed by atoms with E-state index in [1.54, 1.807) is 7.11 Å². The van der Waals surface area contributed by atoms with Gasteiger partial charge in [-0.3, -0.25) is 4.79 Å². The minimum atomic E-state index is 0.165. The van der Waals surface area contributed by atoms with Crippen LogP contribution < -0.4 is 4.74 Å². The van der Waals surface area contributed by atoms with Crippen LogP contribution in [0.15, 0.2) is 42.5 Å². The van der Waals surface area contributed by atoms with Crippen molar-refractivity contribution in [3.63, 3.8) is 0 Å². The highest BCUT2D eigenvalue weighted by Crippen LogP contribution is 2.31. The summed E-state index contributed by atoms with van der Waals surface area (Å²) >= 11 is 0. The Labute approximate surface area is 155 Å². The van der Waals surface area contributed by atoms with E-state index in [-0.39, 0.29) is 5.91 Å². The van der Waals surface area contributed by atoms with Gasteiger partial charge in [0.1, 0.15) is 12.3 Å². The maximum Gasteiger partial charge on any atom is 0.242 e. The molecule has 0 N–H and O–H groups in total. The number of ether oxygens (including phenoxy) is 1. The minimum Gasteiger partial charge on any atom is -0.497 e. The maximum atomic E-state index is 13.0. The normalized spacial score (nSPS) is 11.4. The quantitative estimate of drug-likeness (QED) is 0.618. The van der Waals surface area contributed by atoms with Crippen molar-refractivity contribution in [3.8, 4) is 5.75 Å². The molecule has 0 aliphatic heterocycles. The number of fused-ring (bicyclic) bond motifs is 3. The molecule has 1 heterocycles. The lowest BCUT2D eigenvalue weighted by Crippen LogP contribution is -2.35. The van der Waals surface area contributed by atoms with Gasteiger partial charge in [0.15, 0.2) is 0 Å². The van der Waals surface area contributed by atoms with Gasteiger partial charge in [0.25, 0.3) is 0 Å². The topological polar surface area (TPSA) is 34.5 Å². The molecule has 0 spiro atoms. The number of likely N-dealkylation sites (N-methyl/N-ethyl adjacent to an activating group) is 1. The van der Waals surface area contributed by atoms with Crippen LogP contribution in [0.5, 0.6) is 5.75 Å². The molecule has 0 unspecified atom stereocenters. The lowest BCUT2D eigenvalue weighted by atomic mass is 10.1. The van der Waals surface area contributed by atoms with Crippen molar-refractivity contribution < 1.29 is 9.53 Å². The number of nitrogens with zero attached hydrogens (tertiary/aromatic N) is 2. The molecule has 4 nitrogen and oxygen atoms in total. The Hall–Kier alpha value is -2.49. The fourth-order valence-electron chi connectivity index (χ4n) is 3.43. The zero-order valence-electron chi connectivity index (χ0n) is 16.2. The number of aromatic nitrogens is 1. The van der Waals surface area contributed by atoms with Gasteiger partial charge < -0.3 is 14.2 Å². The number of methoxy groups -OCH3 is 1. The van der Waals surface area contributed by atoms with E-state index >= 15 is 0 Å². The molecular weight excluding hydrogens is 324 g/mol. The zero-order chi connectivity index (χ0) is 18.7. The third-order valence-corrected chi connectivity index (χ3v) is 4.98. The number of hydrogen-bond donors (Lipinski definition) is 0. The van der Waals surface area contributed by atoms with E-state index < -0.39 is 0 Å². The molecule has 138 valence electrons. The molecule has 0 fully saturated rings. The van der Waals surface area contributed by atoms with Crippen molar-refractivity contribution in [1.29, 1.82) is 0 Å². The lowest BCUT2D eigenvalue weighted by molar-refractivity contribution is -0.131. The third kappa shape index (κ3) is 3.55. The predicted molar refractivity (Wildman–Crippen MR) is 108 cm³/mol. The van der Waals surface area contributed by atoms with E-state index in [9.17, 15) is 4.79 Å². The Kier molecular flexibility index (Phi) is 5.50. The molecule has 4 heteroatoms. The van der Waals surface area contributed by atoms with Gasteiger partial charge in [-0.05, 0) is 37.5 Å². The summed E-state index contributed by atoms with van der Waals surface area (Å²) in [6.07, 6.45) is 1.03. The molecule has 3 aromatic rings. The second-order valence-electron chi connectivity index (χ2n) is 7.14. The predicted octanol–water partition coefficient (Wildman–Crippen LogP) is 4.70. The van der Waals surface area contributed by atoms with Crippen molar-refractivity contribution in [1.82, 2.24) is 9.47 Å². The molecule has 0 atom stereocenters. The number of hydrogen-bond acceptors (Lipinski definition) is 2. The first-order valence-electron chi connectivity index (χ1n) is 9.37. The van der Waals surface area contributed by atoms with Gasteiger partial charge >= 0.3 is 0 Å². The van der Waals surface area contributed by atoms with E-state index in [1.165, 1.54) is 5.39 Å². The van der Waals surface area contributed by atoms with Crippen LogP contribution in [0.4, 0.5) is 0 Å². The SMILES string of the molecule is CCN(CCC(C)C)C(=O)Cn1c2ccccc2c2ccc(OC)cc21. The zero-order valence-corrected chi connectivity index (χ0v) is 16.2. The van der Waals surface area contributed by atoms with Crippen molar-refractivity contribution in [2.75, 3.05) is 20.2 Å². The van der Waals surface area contributed by atoms with Crippen LogP contribution in [-0.4, -0.2) is 35.6 Å².